The average Bonchev–Trinajstić information content (AvgIpc) is 2.53. The fourth-order valence-electron chi connectivity index (χ4n) is 2.16. The molecule has 0 bridgehead atoms. The van der Waals surface area contributed by atoms with E-state index in [1.807, 2.05) is 12.1 Å². The van der Waals surface area contributed by atoms with Gasteiger partial charge in [-0.2, -0.15) is 0 Å². The number of rotatable bonds is 4. The SMILES string of the molecule is COc1ccc(NCc2ccc3ccccc3c2)cn1. The summed E-state index contributed by atoms with van der Waals surface area (Å²) in [6.45, 7) is 0.777. The molecule has 0 unspecified atom stereocenters. The smallest absolute Gasteiger partial charge is 0.213 e. The summed E-state index contributed by atoms with van der Waals surface area (Å²) < 4.78 is 5.04. The third kappa shape index (κ3) is 2.72. The van der Waals surface area contributed by atoms with Gasteiger partial charge in [0.15, 0.2) is 0 Å². The van der Waals surface area contributed by atoms with Crippen LogP contribution in [0.4, 0.5) is 5.69 Å². The van der Waals surface area contributed by atoms with E-state index in [1.54, 1.807) is 13.3 Å². The van der Waals surface area contributed by atoms with Crippen molar-refractivity contribution < 1.29 is 4.74 Å². The van der Waals surface area contributed by atoms with Crippen molar-refractivity contribution in [3.8, 4) is 5.88 Å². The van der Waals surface area contributed by atoms with Gasteiger partial charge < -0.3 is 10.1 Å². The third-order valence-electron chi connectivity index (χ3n) is 3.26. The molecule has 0 fully saturated rings. The molecule has 0 spiro atoms. The molecule has 1 aromatic heterocycles. The van der Waals surface area contributed by atoms with Crippen molar-refractivity contribution in [2.24, 2.45) is 0 Å². The number of benzene rings is 2. The summed E-state index contributed by atoms with van der Waals surface area (Å²) in [6, 6.07) is 18.7. The van der Waals surface area contributed by atoms with Crippen molar-refractivity contribution >= 4 is 16.5 Å². The highest BCUT2D eigenvalue weighted by Gasteiger charge is 1.98. The second kappa shape index (κ2) is 5.61. The highest BCUT2D eigenvalue weighted by atomic mass is 16.5. The Balaban J connectivity index is 1.72. The largest absolute Gasteiger partial charge is 0.481 e. The lowest BCUT2D eigenvalue weighted by molar-refractivity contribution is 0.398. The number of ether oxygens (including phenoxy) is 1. The maximum Gasteiger partial charge on any atom is 0.213 e. The normalized spacial score (nSPS) is 10.4. The van der Waals surface area contributed by atoms with E-state index in [1.165, 1.54) is 16.3 Å². The Kier molecular flexibility index (Phi) is 3.50. The van der Waals surface area contributed by atoms with Crippen molar-refractivity contribution in [3.05, 3.63) is 66.4 Å². The summed E-state index contributed by atoms with van der Waals surface area (Å²) in [4.78, 5) is 4.17. The molecule has 0 aliphatic heterocycles. The number of methoxy groups -OCH3 is 1. The van der Waals surface area contributed by atoms with Crippen LogP contribution in [-0.2, 0) is 6.54 Å². The summed E-state index contributed by atoms with van der Waals surface area (Å²) in [6.07, 6.45) is 1.78. The second-order valence-electron chi connectivity index (χ2n) is 4.62. The van der Waals surface area contributed by atoms with E-state index in [2.05, 4.69) is 52.8 Å². The van der Waals surface area contributed by atoms with Crippen LogP contribution in [0, 0.1) is 0 Å². The highest BCUT2D eigenvalue weighted by molar-refractivity contribution is 5.83. The number of pyridine rings is 1. The number of anilines is 1. The van der Waals surface area contributed by atoms with Gasteiger partial charge in [0.05, 0.1) is 19.0 Å². The van der Waals surface area contributed by atoms with E-state index in [0.717, 1.165) is 12.2 Å². The minimum atomic E-state index is 0.626. The minimum Gasteiger partial charge on any atom is -0.481 e. The summed E-state index contributed by atoms with van der Waals surface area (Å²) in [5.41, 5.74) is 2.23. The topological polar surface area (TPSA) is 34.1 Å². The molecule has 20 heavy (non-hydrogen) atoms. The van der Waals surface area contributed by atoms with Crippen molar-refractivity contribution in [1.29, 1.82) is 0 Å². The lowest BCUT2D eigenvalue weighted by atomic mass is 10.1. The molecule has 3 heteroatoms. The molecular formula is C17H16N2O. The Hall–Kier alpha value is -2.55. The Morgan fingerprint density at radius 1 is 1.00 bits per heavy atom. The zero-order valence-corrected chi connectivity index (χ0v) is 11.3. The van der Waals surface area contributed by atoms with Gasteiger partial charge in [-0.3, -0.25) is 0 Å². The lowest BCUT2D eigenvalue weighted by Gasteiger charge is -2.08. The summed E-state index contributed by atoms with van der Waals surface area (Å²) in [5.74, 6) is 0.626. The fourth-order valence-corrected chi connectivity index (χ4v) is 2.16. The zero-order valence-electron chi connectivity index (χ0n) is 11.3. The van der Waals surface area contributed by atoms with Gasteiger partial charge in [-0.25, -0.2) is 4.98 Å². The van der Waals surface area contributed by atoms with E-state index in [4.69, 9.17) is 4.74 Å². The Morgan fingerprint density at radius 3 is 2.60 bits per heavy atom. The molecule has 0 saturated carbocycles. The molecule has 3 nitrogen and oxygen atoms in total. The van der Waals surface area contributed by atoms with Gasteiger partial charge in [-0.05, 0) is 28.5 Å². The van der Waals surface area contributed by atoms with E-state index >= 15 is 0 Å². The van der Waals surface area contributed by atoms with Gasteiger partial charge in [0.25, 0.3) is 0 Å². The third-order valence-corrected chi connectivity index (χ3v) is 3.26. The fraction of sp³-hybridized carbons (Fsp3) is 0.118. The van der Waals surface area contributed by atoms with E-state index in [9.17, 15) is 0 Å². The van der Waals surface area contributed by atoms with Crippen LogP contribution in [0.15, 0.2) is 60.8 Å². The molecule has 0 amide bonds. The second-order valence-corrected chi connectivity index (χ2v) is 4.62. The number of hydrogen-bond acceptors (Lipinski definition) is 3. The number of nitrogens with zero attached hydrogens (tertiary/aromatic N) is 1. The van der Waals surface area contributed by atoms with E-state index in [-0.39, 0.29) is 0 Å². The molecular weight excluding hydrogens is 248 g/mol. The summed E-state index contributed by atoms with van der Waals surface area (Å²) in [7, 11) is 1.62. The predicted octanol–water partition coefficient (Wildman–Crippen LogP) is 3.86. The van der Waals surface area contributed by atoms with Gasteiger partial charge in [-0.15, -0.1) is 0 Å². The quantitative estimate of drug-likeness (QED) is 0.777. The van der Waals surface area contributed by atoms with Crippen molar-refractivity contribution in [2.75, 3.05) is 12.4 Å². The number of hydrogen-bond donors (Lipinski definition) is 1. The van der Waals surface area contributed by atoms with Crippen LogP contribution < -0.4 is 10.1 Å². The van der Waals surface area contributed by atoms with E-state index in [0.29, 0.717) is 5.88 Å². The number of nitrogens with one attached hydrogen (secondary N) is 1. The van der Waals surface area contributed by atoms with Crippen LogP contribution >= 0.6 is 0 Å². The van der Waals surface area contributed by atoms with Crippen LogP contribution in [0.2, 0.25) is 0 Å². The van der Waals surface area contributed by atoms with E-state index < -0.39 is 0 Å². The van der Waals surface area contributed by atoms with Crippen molar-refractivity contribution in [1.82, 2.24) is 4.98 Å². The average molecular weight is 264 g/mol. The van der Waals surface area contributed by atoms with Crippen LogP contribution in [-0.4, -0.2) is 12.1 Å². The molecule has 0 aliphatic rings. The lowest BCUT2D eigenvalue weighted by Crippen LogP contribution is -2.00. The Labute approximate surface area is 118 Å². The van der Waals surface area contributed by atoms with Gasteiger partial charge in [0.1, 0.15) is 0 Å². The molecule has 100 valence electrons. The molecule has 2 aromatic carbocycles. The first-order valence-electron chi connectivity index (χ1n) is 6.57. The predicted molar refractivity (Wildman–Crippen MR) is 82.1 cm³/mol. The summed E-state index contributed by atoms with van der Waals surface area (Å²) in [5, 5.41) is 5.89. The molecule has 1 N–H and O–H groups in total. The van der Waals surface area contributed by atoms with Crippen molar-refractivity contribution in [2.45, 2.75) is 6.54 Å². The molecule has 1 heterocycles. The highest BCUT2D eigenvalue weighted by Crippen LogP contribution is 2.17. The maximum absolute atomic E-state index is 5.04. The molecule has 0 aliphatic carbocycles. The molecule has 0 saturated heterocycles. The number of fused-ring (bicyclic) bond motifs is 1. The first-order chi connectivity index (χ1) is 9.85. The molecule has 3 aromatic rings. The first kappa shape index (κ1) is 12.5. The minimum absolute atomic E-state index is 0.626. The molecule has 3 rings (SSSR count). The van der Waals surface area contributed by atoms with Crippen LogP contribution in [0.25, 0.3) is 10.8 Å². The maximum atomic E-state index is 5.04. The zero-order chi connectivity index (χ0) is 13.8. The Bertz CT molecular complexity index is 708. The number of aromatic nitrogens is 1. The van der Waals surface area contributed by atoms with Gasteiger partial charge in [0, 0.05) is 12.6 Å². The first-order valence-corrected chi connectivity index (χ1v) is 6.57. The van der Waals surface area contributed by atoms with Crippen molar-refractivity contribution in [3.63, 3.8) is 0 Å². The monoisotopic (exact) mass is 264 g/mol. The summed E-state index contributed by atoms with van der Waals surface area (Å²) >= 11 is 0. The molecule has 0 atom stereocenters. The van der Waals surface area contributed by atoms with Crippen LogP contribution in [0.3, 0.4) is 0 Å². The Morgan fingerprint density at radius 2 is 1.85 bits per heavy atom. The van der Waals surface area contributed by atoms with Gasteiger partial charge in [0.2, 0.25) is 5.88 Å². The van der Waals surface area contributed by atoms with Gasteiger partial charge >= 0.3 is 0 Å². The standard InChI is InChI=1S/C17H16N2O/c1-20-17-9-8-16(12-19-17)18-11-13-6-7-14-4-2-3-5-15(14)10-13/h2-10,12,18H,11H2,1H3. The van der Waals surface area contributed by atoms with Crippen LogP contribution in [0.5, 0.6) is 5.88 Å². The van der Waals surface area contributed by atoms with Crippen LogP contribution in [0.1, 0.15) is 5.56 Å². The molecule has 0 radical (unpaired) electrons. The van der Waals surface area contributed by atoms with Gasteiger partial charge in [-0.1, -0.05) is 36.4 Å².